The van der Waals surface area contributed by atoms with Gasteiger partial charge in [-0.05, 0) is 61.6 Å². The molecule has 0 N–H and O–H groups in total. The van der Waals surface area contributed by atoms with Gasteiger partial charge in [0.2, 0.25) is 0 Å². The molecule has 0 unspecified atom stereocenters. The molecule has 0 saturated heterocycles. The average molecular weight is 549 g/mol. The van der Waals surface area contributed by atoms with Gasteiger partial charge in [-0.15, -0.1) is 0 Å². The number of aromatic nitrogens is 4. The van der Waals surface area contributed by atoms with Crippen LogP contribution in [0, 0.1) is 6.92 Å². The normalized spacial score (nSPS) is 13.8. The molecule has 1 aliphatic rings. The molecular weight excluding hydrogens is 512 g/mol. The molecule has 0 aliphatic heterocycles. The number of nitrogens with zero attached hydrogens (tertiary/aromatic N) is 4. The molecule has 0 radical (unpaired) electrons. The number of hydrogen-bond acceptors (Lipinski definition) is 4. The van der Waals surface area contributed by atoms with Crippen LogP contribution in [-0.2, 0) is 11.5 Å². The summed E-state index contributed by atoms with van der Waals surface area (Å²) in [4.78, 5) is 18.8. The molecule has 0 saturated carbocycles. The van der Waals surface area contributed by atoms with Crippen molar-refractivity contribution in [3.8, 4) is 22.4 Å². The SMILES string of the molecule is Cc1c(-c2ccc3ncccc3c2)c(=O)n2nc(-c3ccccc3)c(C3=CCCC3)c2n1COCC[Si](C)(C)C. The lowest BCUT2D eigenvalue weighted by Crippen LogP contribution is -2.26. The number of pyridine rings is 1. The van der Waals surface area contributed by atoms with Crippen molar-refractivity contribution in [2.24, 2.45) is 0 Å². The molecule has 40 heavy (non-hydrogen) atoms. The van der Waals surface area contributed by atoms with Crippen LogP contribution in [0.1, 0.15) is 30.5 Å². The summed E-state index contributed by atoms with van der Waals surface area (Å²) in [6.45, 7) is 10.2. The monoisotopic (exact) mass is 548 g/mol. The topological polar surface area (TPSA) is 61.4 Å². The molecule has 6 nitrogen and oxygen atoms in total. The molecule has 2 aromatic carbocycles. The molecule has 5 aromatic rings. The van der Waals surface area contributed by atoms with Crippen LogP contribution in [0.3, 0.4) is 0 Å². The van der Waals surface area contributed by atoms with Gasteiger partial charge < -0.3 is 9.30 Å². The second-order valence-electron chi connectivity index (χ2n) is 11.9. The fourth-order valence-electron chi connectivity index (χ4n) is 5.60. The van der Waals surface area contributed by atoms with Gasteiger partial charge in [0.1, 0.15) is 18.1 Å². The van der Waals surface area contributed by atoms with Crippen LogP contribution in [-0.4, -0.2) is 33.8 Å². The molecular formula is C33H36N4O2Si. The van der Waals surface area contributed by atoms with Crippen LogP contribution in [0.2, 0.25) is 25.7 Å². The number of hydrogen-bond donors (Lipinski definition) is 0. The van der Waals surface area contributed by atoms with Crippen LogP contribution in [0.25, 0.3) is 44.5 Å². The zero-order valence-electron chi connectivity index (χ0n) is 23.8. The summed E-state index contributed by atoms with van der Waals surface area (Å²) >= 11 is 0. The lowest BCUT2D eigenvalue weighted by molar-refractivity contribution is 0.0877. The van der Waals surface area contributed by atoms with Gasteiger partial charge in [-0.3, -0.25) is 9.78 Å². The molecule has 0 amide bonds. The van der Waals surface area contributed by atoms with Gasteiger partial charge >= 0.3 is 0 Å². The fourth-order valence-corrected chi connectivity index (χ4v) is 6.36. The summed E-state index contributed by atoms with van der Waals surface area (Å²) in [5.41, 5.74) is 8.15. The number of allylic oxidation sites excluding steroid dienone is 2. The molecule has 1 aliphatic carbocycles. The first-order valence-electron chi connectivity index (χ1n) is 14.2. The van der Waals surface area contributed by atoms with Crippen molar-refractivity contribution in [2.75, 3.05) is 6.61 Å². The van der Waals surface area contributed by atoms with Gasteiger partial charge in [-0.2, -0.15) is 9.61 Å². The van der Waals surface area contributed by atoms with Gasteiger partial charge in [-0.25, -0.2) is 0 Å². The number of rotatable bonds is 8. The Morgan fingerprint density at radius 3 is 2.55 bits per heavy atom. The second-order valence-corrected chi connectivity index (χ2v) is 17.5. The van der Waals surface area contributed by atoms with Gasteiger partial charge in [0.25, 0.3) is 5.56 Å². The Morgan fingerprint density at radius 1 is 0.975 bits per heavy atom. The molecule has 204 valence electrons. The van der Waals surface area contributed by atoms with Gasteiger partial charge in [0.15, 0.2) is 0 Å². The largest absolute Gasteiger partial charge is 0.361 e. The first-order chi connectivity index (χ1) is 19.3. The summed E-state index contributed by atoms with van der Waals surface area (Å²) in [7, 11) is -1.25. The molecule has 7 heteroatoms. The maximum absolute atomic E-state index is 14.3. The first kappa shape index (κ1) is 26.4. The van der Waals surface area contributed by atoms with E-state index in [-0.39, 0.29) is 5.56 Å². The number of benzene rings is 2. The van der Waals surface area contributed by atoms with Crippen molar-refractivity contribution in [1.29, 1.82) is 0 Å². The third-order valence-corrected chi connectivity index (χ3v) is 9.51. The van der Waals surface area contributed by atoms with Crippen molar-refractivity contribution in [2.45, 2.75) is 58.6 Å². The minimum absolute atomic E-state index is 0.115. The molecule has 0 bridgehead atoms. The Kier molecular flexibility index (Phi) is 7.02. The highest BCUT2D eigenvalue weighted by molar-refractivity contribution is 6.76. The minimum atomic E-state index is -1.25. The highest BCUT2D eigenvalue weighted by Crippen LogP contribution is 2.38. The first-order valence-corrected chi connectivity index (χ1v) is 17.9. The van der Waals surface area contributed by atoms with Crippen LogP contribution in [0.4, 0.5) is 0 Å². The van der Waals surface area contributed by atoms with E-state index >= 15 is 0 Å². The highest BCUT2D eigenvalue weighted by atomic mass is 28.3. The van der Waals surface area contributed by atoms with E-state index in [1.54, 1.807) is 10.7 Å². The second kappa shape index (κ2) is 10.6. The lowest BCUT2D eigenvalue weighted by Gasteiger charge is -2.20. The smallest absolute Gasteiger partial charge is 0.282 e. The Morgan fingerprint density at radius 2 is 1.80 bits per heavy atom. The molecule has 0 fully saturated rings. The molecule has 0 spiro atoms. The standard InChI is InChI=1S/C33H36N4O2Si/c1-23-29(27-16-17-28-26(21-27)15-10-18-34-28)33(38)37-32(36(23)22-39-19-20-40(2,3)4)30(24-11-8-9-12-24)31(35-37)25-13-6-5-7-14-25/h5-7,10-11,13-18,21H,8-9,12,19-20,22H2,1-4H3. The summed E-state index contributed by atoms with van der Waals surface area (Å²) in [5, 5.41) is 6.03. The Hall–Kier alpha value is -3.81. The van der Waals surface area contributed by atoms with E-state index in [2.05, 4.69) is 53.5 Å². The highest BCUT2D eigenvalue weighted by Gasteiger charge is 2.27. The van der Waals surface area contributed by atoms with Crippen molar-refractivity contribution >= 4 is 30.2 Å². The maximum Gasteiger partial charge on any atom is 0.282 e. The summed E-state index contributed by atoms with van der Waals surface area (Å²) in [6, 6.07) is 21.3. The number of fused-ring (bicyclic) bond motifs is 2. The minimum Gasteiger partial charge on any atom is -0.361 e. The average Bonchev–Trinajstić information content (AvgIpc) is 3.61. The van der Waals surface area contributed by atoms with E-state index in [1.807, 2.05) is 49.4 Å². The van der Waals surface area contributed by atoms with Gasteiger partial charge in [0, 0.05) is 43.1 Å². The predicted molar refractivity (Wildman–Crippen MR) is 166 cm³/mol. The van der Waals surface area contributed by atoms with E-state index < -0.39 is 8.07 Å². The van der Waals surface area contributed by atoms with E-state index in [9.17, 15) is 4.79 Å². The lowest BCUT2D eigenvalue weighted by atomic mass is 10.00. The quantitative estimate of drug-likeness (QED) is 0.148. The Balaban J connectivity index is 1.61. The Labute approximate surface area is 236 Å². The van der Waals surface area contributed by atoms with Crippen molar-refractivity contribution < 1.29 is 4.74 Å². The number of ether oxygens (including phenoxy) is 1. The van der Waals surface area contributed by atoms with Gasteiger partial charge in [0.05, 0.1) is 11.1 Å². The van der Waals surface area contributed by atoms with E-state index in [0.717, 1.165) is 69.9 Å². The van der Waals surface area contributed by atoms with Crippen LogP contribution < -0.4 is 5.56 Å². The predicted octanol–water partition coefficient (Wildman–Crippen LogP) is 7.57. The van der Waals surface area contributed by atoms with Crippen LogP contribution in [0.5, 0.6) is 0 Å². The van der Waals surface area contributed by atoms with Crippen molar-refractivity contribution in [1.82, 2.24) is 19.2 Å². The molecule has 3 heterocycles. The van der Waals surface area contributed by atoms with Crippen LogP contribution in [0.15, 0.2) is 77.7 Å². The third-order valence-electron chi connectivity index (χ3n) is 7.81. The maximum atomic E-state index is 14.3. The molecule has 3 aromatic heterocycles. The molecule has 6 rings (SSSR count). The zero-order valence-corrected chi connectivity index (χ0v) is 24.8. The summed E-state index contributed by atoms with van der Waals surface area (Å²) < 4.78 is 10.1. The van der Waals surface area contributed by atoms with Crippen molar-refractivity contribution in [3.05, 3.63) is 94.5 Å². The van der Waals surface area contributed by atoms with E-state index in [1.165, 1.54) is 5.57 Å². The summed E-state index contributed by atoms with van der Waals surface area (Å²) in [5.74, 6) is 0. The molecule has 0 atom stereocenters. The third kappa shape index (κ3) is 4.95. The van der Waals surface area contributed by atoms with Crippen LogP contribution >= 0.6 is 0 Å². The fraction of sp³-hybridized carbons (Fsp3) is 0.303. The van der Waals surface area contributed by atoms with E-state index in [0.29, 0.717) is 18.9 Å². The zero-order chi connectivity index (χ0) is 27.9. The van der Waals surface area contributed by atoms with Crippen molar-refractivity contribution in [3.63, 3.8) is 0 Å². The summed E-state index contributed by atoms with van der Waals surface area (Å²) in [6.07, 6.45) is 7.23. The Bertz CT molecular complexity index is 1800. The van der Waals surface area contributed by atoms with E-state index in [4.69, 9.17) is 9.84 Å². The van der Waals surface area contributed by atoms with Gasteiger partial charge in [-0.1, -0.05) is 68.2 Å².